The third-order valence-electron chi connectivity index (χ3n) is 1.72. The lowest BCUT2D eigenvalue weighted by molar-refractivity contribution is -0.138. The van der Waals surface area contributed by atoms with Crippen LogP contribution in [-0.4, -0.2) is 45.5 Å². The van der Waals surface area contributed by atoms with Gasteiger partial charge in [0.05, 0.1) is 6.16 Å². The Morgan fingerprint density at radius 1 is 1.38 bits per heavy atom. The molecule has 0 aliphatic rings. The number of rotatable bonds is 7. The van der Waals surface area contributed by atoms with E-state index in [9.17, 15) is 14.2 Å². The number of aliphatic carboxylic acids is 1. The van der Waals surface area contributed by atoms with Gasteiger partial charge >= 0.3 is 13.6 Å². The molecular weight excluding hydrogens is 239 g/mol. The molecule has 0 saturated carbocycles. The van der Waals surface area contributed by atoms with Gasteiger partial charge in [-0.2, -0.15) is 0 Å². The molecule has 0 aliphatic carbocycles. The van der Waals surface area contributed by atoms with Crippen LogP contribution < -0.4 is 11.1 Å². The van der Waals surface area contributed by atoms with E-state index in [1.807, 2.05) is 0 Å². The Balaban J connectivity index is 3.68. The van der Waals surface area contributed by atoms with Gasteiger partial charge in [-0.1, -0.05) is 0 Å². The second-order valence-corrected chi connectivity index (χ2v) is 5.00. The van der Waals surface area contributed by atoms with Crippen LogP contribution in [0.5, 0.6) is 0 Å². The van der Waals surface area contributed by atoms with Crippen LogP contribution in [0.2, 0.25) is 0 Å². The molecule has 1 amide bonds. The van der Waals surface area contributed by atoms with E-state index in [4.69, 9.17) is 20.6 Å². The summed E-state index contributed by atoms with van der Waals surface area (Å²) in [6.07, 6.45) is -0.546. The summed E-state index contributed by atoms with van der Waals surface area (Å²) in [5.74, 6) is -1.67. The Bertz CT molecular complexity index is 301. The van der Waals surface area contributed by atoms with Crippen LogP contribution in [-0.2, 0) is 14.2 Å². The Morgan fingerprint density at radius 3 is 2.38 bits per heavy atom. The molecule has 0 aromatic heterocycles. The summed E-state index contributed by atoms with van der Waals surface area (Å²) in [4.78, 5) is 38.3. The van der Waals surface area contributed by atoms with Crippen molar-refractivity contribution in [1.29, 1.82) is 0 Å². The van der Waals surface area contributed by atoms with Gasteiger partial charge in [0, 0.05) is 13.0 Å². The van der Waals surface area contributed by atoms with E-state index in [1.165, 1.54) is 0 Å². The molecule has 8 nitrogen and oxygen atoms in total. The van der Waals surface area contributed by atoms with E-state index in [0.29, 0.717) is 0 Å². The van der Waals surface area contributed by atoms with Crippen LogP contribution in [0.15, 0.2) is 0 Å². The number of amides is 1. The minimum absolute atomic E-state index is 0.0168. The van der Waals surface area contributed by atoms with Crippen molar-refractivity contribution in [3.8, 4) is 0 Å². The van der Waals surface area contributed by atoms with E-state index in [1.54, 1.807) is 0 Å². The zero-order valence-electron chi connectivity index (χ0n) is 8.50. The molecule has 6 N–H and O–H groups in total. The highest BCUT2D eigenvalue weighted by Gasteiger charge is 2.15. The molecule has 0 aliphatic heterocycles. The van der Waals surface area contributed by atoms with E-state index < -0.39 is 31.7 Å². The van der Waals surface area contributed by atoms with Gasteiger partial charge in [0.2, 0.25) is 5.91 Å². The first-order chi connectivity index (χ1) is 7.22. The average Bonchev–Trinajstić information content (AvgIpc) is 2.11. The number of carboxylic acids is 1. The number of carbonyl (C=O) groups is 2. The number of carbonyl (C=O) groups excluding carboxylic acids is 1. The summed E-state index contributed by atoms with van der Waals surface area (Å²) in [5, 5.41) is 10.7. The first kappa shape index (κ1) is 15.0. The summed E-state index contributed by atoms with van der Waals surface area (Å²) < 4.78 is 10.4. The van der Waals surface area contributed by atoms with Crippen molar-refractivity contribution in [3.63, 3.8) is 0 Å². The van der Waals surface area contributed by atoms with Gasteiger partial charge < -0.3 is 25.9 Å². The molecule has 94 valence electrons. The lowest BCUT2D eigenvalue weighted by Gasteiger charge is -2.07. The Kier molecular flexibility index (Phi) is 6.20. The second kappa shape index (κ2) is 6.59. The number of nitrogens with one attached hydrogen (secondary N) is 1. The van der Waals surface area contributed by atoms with Crippen molar-refractivity contribution in [2.45, 2.75) is 18.9 Å². The predicted molar refractivity (Wildman–Crippen MR) is 54.8 cm³/mol. The van der Waals surface area contributed by atoms with E-state index in [0.717, 1.165) is 0 Å². The summed E-state index contributed by atoms with van der Waals surface area (Å²) in [5.41, 5.74) is 5.16. The molecule has 16 heavy (non-hydrogen) atoms. The molecule has 0 heterocycles. The Labute approximate surface area is 92.0 Å². The molecule has 0 saturated heterocycles. The third-order valence-corrected chi connectivity index (χ3v) is 2.53. The average molecular weight is 254 g/mol. The van der Waals surface area contributed by atoms with E-state index in [2.05, 4.69) is 5.32 Å². The summed E-state index contributed by atoms with van der Waals surface area (Å²) in [7, 11) is -4.11. The molecule has 0 unspecified atom stereocenters. The Hall–Kier alpha value is -0.950. The quantitative estimate of drug-likeness (QED) is 0.346. The van der Waals surface area contributed by atoms with Crippen LogP contribution >= 0.6 is 7.60 Å². The largest absolute Gasteiger partial charge is 0.480 e. The van der Waals surface area contributed by atoms with Gasteiger partial charge in [-0.15, -0.1) is 0 Å². The SMILES string of the molecule is N[C@H](CCC(=O)NCCP(=O)(O)O)C(=O)O. The van der Waals surface area contributed by atoms with Gasteiger partial charge in [-0.25, -0.2) is 0 Å². The van der Waals surface area contributed by atoms with Gasteiger partial charge in [0.1, 0.15) is 6.04 Å². The van der Waals surface area contributed by atoms with E-state index >= 15 is 0 Å². The smallest absolute Gasteiger partial charge is 0.327 e. The minimum atomic E-state index is -4.11. The Morgan fingerprint density at radius 2 is 1.94 bits per heavy atom. The van der Waals surface area contributed by atoms with Crippen molar-refractivity contribution in [2.24, 2.45) is 5.73 Å². The van der Waals surface area contributed by atoms with Gasteiger partial charge in [-0.05, 0) is 6.42 Å². The normalized spacial score (nSPS) is 13.2. The molecular formula is C7H15N2O6P. The molecule has 0 fully saturated rings. The first-order valence-corrected chi connectivity index (χ1v) is 6.32. The molecule has 9 heteroatoms. The maximum Gasteiger partial charge on any atom is 0.327 e. The standard InChI is InChI=1S/C7H15N2O6P/c8-5(7(11)12)1-2-6(10)9-3-4-16(13,14)15/h5H,1-4,8H2,(H,9,10)(H,11,12)(H2,13,14,15)/t5-/m1/s1. The maximum atomic E-state index is 11.0. The van der Waals surface area contributed by atoms with Crippen molar-refractivity contribution < 1.29 is 29.0 Å². The third kappa shape index (κ3) is 8.37. The topological polar surface area (TPSA) is 150 Å². The van der Waals surface area contributed by atoms with Crippen LogP contribution in [0.4, 0.5) is 0 Å². The van der Waals surface area contributed by atoms with Crippen molar-refractivity contribution in [3.05, 3.63) is 0 Å². The van der Waals surface area contributed by atoms with Crippen molar-refractivity contribution in [1.82, 2.24) is 5.32 Å². The monoisotopic (exact) mass is 254 g/mol. The lowest BCUT2D eigenvalue weighted by Crippen LogP contribution is -2.33. The highest BCUT2D eigenvalue weighted by molar-refractivity contribution is 7.51. The molecule has 0 aromatic rings. The predicted octanol–water partition coefficient (Wildman–Crippen LogP) is -1.53. The maximum absolute atomic E-state index is 11.0. The van der Waals surface area contributed by atoms with Crippen LogP contribution in [0.25, 0.3) is 0 Å². The molecule has 0 radical (unpaired) electrons. The molecule has 0 rings (SSSR count). The van der Waals surface area contributed by atoms with Crippen molar-refractivity contribution in [2.75, 3.05) is 12.7 Å². The number of nitrogens with two attached hydrogens (primary N) is 1. The summed E-state index contributed by atoms with van der Waals surface area (Å²) in [6.45, 7) is -0.147. The number of carboxylic acid groups (broad SMARTS) is 1. The van der Waals surface area contributed by atoms with Crippen LogP contribution in [0, 0.1) is 0 Å². The minimum Gasteiger partial charge on any atom is -0.480 e. The highest BCUT2D eigenvalue weighted by atomic mass is 31.2. The fraction of sp³-hybridized carbons (Fsp3) is 0.714. The molecule has 0 bridgehead atoms. The fourth-order valence-corrected chi connectivity index (χ4v) is 1.24. The number of hydrogen-bond acceptors (Lipinski definition) is 4. The number of hydrogen-bond donors (Lipinski definition) is 5. The molecule has 0 aromatic carbocycles. The summed E-state index contributed by atoms with van der Waals surface area (Å²) in [6, 6.07) is -1.10. The van der Waals surface area contributed by atoms with Gasteiger partial charge in [-0.3, -0.25) is 14.2 Å². The zero-order valence-corrected chi connectivity index (χ0v) is 9.39. The zero-order chi connectivity index (χ0) is 12.8. The fourth-order valence-electron chi connectivity index (χ4n) is 0.839. The lowest BCUT2D eigenvalue weighted by atomic mass is 10.1. The first-order valence-electron chi connectivity index (χ1n) is 4.52. The van der Waals surface area contributed by atoms with Crippen molar-refractivity contribution >= 4 is 19.5 Å². The van der Waals surface area contributed by atoms with Gasteiger partial charge in [0.25, 0.3) is 0 Å². The molecule has 0 spiro atoms. The highest BCUT2D eigenvalue weighted by Crippen LogP contribution is 2.32. The van der Waals surface area contributed by atoms with E-state index in [-0.39, 0.29) is 19.4 Å². The second-order valence-electron chi connectivity index (χ2n) is 3.22. The summed E-state index contributed by atoms with van der Waals surface area (Å²) >= 11 is 0. The van der Waals surface area contributed by atoms with Crippen LogP contribution in [0.3, 0.4) is 0 Å². The van der Waals surface area contributed by atoms with Gasteiger partial charge in [0.15, 0.2) is 0 Å². The van der Waals surface area contributed by atoms with Crippen LogP contribution in [0.1, 0.15) is 12.8 Å². The molecule has 1 atom stereocenters.